The molecule has 0 amide bonds. The van der Waals surface area contributed by atoms with Crippen molar-refractivity contribution in [1.29, 1.82) is 0 Å². The zero-order chi connectivity index (χ0) is 31.3. The summed E-state index contributed by atoms with van der Waals surface area (Å²) in [4.78, 5) is 12.3. The first kappa shape index (κ1) is 38.8. The van der Waals surface area contributed by atoms with Gasteiger partial charge in [-0.1, -0.05) is 44.0 Å². The van der Waals surface area contributed by atoms with Crippen LogP contribution in [0.3, 0.4) is 0 Å². The smallest absolute Gasteiger partial charge is 0.747 e. The first-order valence-corrected chi connectivity index (χ1v) is 11.5. The molecule has 1 atom stereocenters. The third kappa shape index (κ3) is 6.24. The van der Waals surface area contributed by atoms with Crippen molar-refractivity contribution in [2.24, 2.45) is 0 Å². The van der Waals surface area contributed by atoms with Crippen LogP contribution < -0.4 is 29.6 Å². The molecule has 1 aromatic rings. The summed E-state index contributed by atoms with van der Waals surface area (Å²) in [5, 5.41) is -2.33. The van der Waals surface area contributed by atoms with E-state index in [4.69, 9.17) is 0 Å². The molecule has 21 heteroatoms. The van der Waals surface area contributed by atoms with Crippen LogP contribution in [0.25, 0.3) is 0 Å². The topological polar surface area (TPSA) is 74.3 Å². The van der Waals surface area contributed by atoms with Gasteiger partial charge in [0.25, 0.3) is 0 Å². The van der Waals surface area contributed by atoms with Crippen molar-refractivity contribution in [3.05, 3.63) is 35.4 Å². The first-order chi connectivity index (χ1) is 17.1. The number of hydrogen-bond acceptors (Lipinski definition) is 4. The van der Waals surface area contributed by atoms with Gasteiger partial charge in [0.05, 0.1) is 0 Å². The average molecular weight is 646 g/mol. The number of alkyl halides is 15. The SMILES string of the molecule is CCCCC(C(=O)c1ccc(C(F)(F)C(F)(F)C(F)(F)C(F)(F)C(F)(F)C(F)(F)C(F)(F)F)cc1)S(=O)(=O)[O-].[Na+]. The molecule has 0 radical (unpaired) electrons. The first-order valence-electron chi connectivity index (χ1n) is 10.00. The zero-order valence-corrected chi connectivity index (χ0v) is 22.5. The third-order valence-electron chi connectivity index (χ3n) is 5.32. The number of halogens is 15. The van der Waals surface area contributed by atoms with Gasteiger partial charge in [0.15, 0.2) is 5.78 Å². The number of carbonyl (C=O) groups is 1. The Morgan fingerprint density at radius 1 is 0.725 bits per heavy atom. The van der Waals surface area contributed by atoms with Gasteiger partial charge in [-0.25, -0.2) is 8.42 Å². The van der Waals surface area contributed by atoms with Crippen molar-refractivity contribution in [3.63, 3.8) is 0 Å². The van der Waals surface area contributed by atoms with E-state index < -0.39 is 80.4 Å². The van der Waals surface area contributed by atoms with Crippen LogP contribution >= 0.6 is 0 Å². The van der Waals surface area contributed by atoms with E-state index in [2.05, 4.69) is 0 Å². The van der Waals surface area contributed by atoms with Crippen molar-refractivity contribution in [3.8, 4) is 0 Å². The predicted molar refractivity (Wildman–Crippen MR) is 98.5 cm³/mol. The molecule has 0 saturated carbocycles. The molecule has 1 rings (SSSR count). The summed E-state index contributed by atoms with van der Waals surface area (Å²) >= 11 is 0. The summed E-state index contributed by atoms with van der Waals surface area (Å²) < 4.78 is 234. The standard InChI is InChI=1S/C19H15F15O4S.Na/c1-2-3-4-11(39(36,37)38)12(35)9-5-7-10(8-6-9)13(20,21)14(22,23)15(24,25)16(26,27)17(28,29)18(30,31)19(32,33)34;/h5-8,11H,2-4H2,1H3,(H,36,37,38);/q;+1/p-1. The van der Waals surface area contributed by atoms with Gasteiger partial charge in [0.1, 0.15) is 15.4 Å². The Kier molecular flexibility index (Phi) is 11.4. The van der Waals surface area contributed by atoms with E-state index >= 15 is 0 Å². The van der Waals surface area contributed by atoms with Crippen LogP contribution in [0.1, 0.15) is 42.1 Å². The summed E-state index contributed by atoms with van der Waals surface area (Å²) in [6.45, 7) is 1.50. The van der Waals surface area contributed by atoms with Gasteiger partial charge in [-0.15, -0.1) is 0 Å². The Hall–Kier alpha value is -1.25. The van der Waals surface area contributed by atoms with Gasteiger partial charge < -0.3 is 4.55 Å². The largest absolute Gasteiger partial charge is 1.00 e. The molecule has 1 aromatic carbocycles. The van der Waals surface area contributed by atoms with E-state index in [-0.39, 0.29) is 66.7 Å². The van der Waals surface area contributed by atoms with Crippen molar-refractivity contribution in [1.82, 2.24) is 0 Å². The molecule has 40 heavy (non-hydrogen) atoms. The second-order valence-electron chi connectivity index (χ2n) is 8.01. The van der Waals surface area contributed by atoms with Crippen LogP contribution in [0.15, 0.2) is 24.3 Å². The minimum atomic E-state index is -8.45. The number of rotatable bonds is 12. The van der Waals surface area contributed by atoms with Gasteiger partial charge in [0, 0.05) is 11.1 Å². The van der Waals surface area contributed by atoms with Gasteiger partial charge in [0.2, 0.25) is 0 Å². The Labute approximate surface area is 237 Å². The minimum absolute atomic E-state index is 0. The van der Waals surface area contributed by atoms with Gasteiger partial charge in [-0.05, 0) is 6.42 Å². The van der Waals surface area contributed by atoms with Crippen LogP contribution in [-0.2, 0) is 16.0 Å². The maximum atomic E-state index is 14.3. The number of Topliss-reactive ketones (excluding diaryl/α,β-unsaturated/α-hetero) is 1. The fourth-order valence-electron chi connectivity index (χ4n) is 2.97. The summed E-state index contributed by atoms with van der Waals surface area (Å²) in [6.07, 6.45) is -8.12. The van der Waals surface area contributed by atoms with Crippen LogP contribution in [-0.4, -0.2) is 59.8 Å². The molecule has 226 valence electrons. The Morgan fingerprint density at radius 2 is 1.10 bits per heavy atom. The quantitative estimate of drug-likeness (QED) is 0.150. The molecule has 0 spiro atoms. The molecule has 0 heterocycles. The number of unbranched alkanes of at least 4 members (excludes halogenated alkanes) is 1. The van der Waals surface area contributed by atoms with E-state index in [0.29, 0.717) is 0 Å². The molecule has 0 aliphatic heterocycles. The summed E-state index contributed by atoms with van der Waals surface area (Å²) in [5.41, 5.74) is -3.45. The minimum Gasteiger partial charge on any atom is -0.747 e. The summed E-state index contributed by atoms with van der Waals surface area (Å²) in [6, 6.07) is -0.693. The second-order valence-corrected chi connectivity index (χ2v) is 9.56. The van der Waals surface area contributed by atoms with Gasteiger partial charge >= 0.3 is 71.3 Å². The average Bonchev–Trinajstić information content (AvgIpc) is 2.76. The van der Waals surface area contributed by atoms with E-state index in [1.165, 1.54) is 6.92 Å². The van der Waals surface area contributed by atoms with Crippen LogP contribution in [0.5, 0.6) is 0 Å². The number of carbonyl (C=O) groups excluding carboxylic acids is 1. The normalized spacial score (nSPS) is 15.4. The number of ketones is 1. The van der Waals surface area contributed by atoms with Gasteiger partial charge in [-0.3, -0.25) is 4.79 Å². The maximum absolute atomic E-state index is 14.3. The molecule has 0 saturated heterocycles. The second kappa shape index (κ2) is 11.8. The summed E-state index contributed by atoms with van der Waals surface area (Å²) in [5.74, 6) is -49.3. The van der Waals surface area contributed by atoms with E-state index in [1.54, 1.807) is 0 Å². The van der Waals surface area contributed by atoms with E-state index in [0.717, 1.165) is 0 Å². The molecule has 4 nitrogen and oxygen atoms in total. The number of hydrogen-bond donors (Lipinski definition) is 0. The fourth-order valence-corrected chi connectivity index (χ4v) is 3.83. The van der Waals surface area contributed by atoms with Crippen LogP contribution in [0, 0.1) is 0 Å². The zero-order valence-electron chi connectivity index (χ0n) is 19.7. The third-order valence-corrected chi connectivity index (χ3v) is 6.47. The monoisotopic (exact) mass is 646 g/mol. The van der Waals surface area contributed by atoms with E-state index in [1.807, 2.05) is 0 Å². The molecule has 0 fully saturated rings. The maximum Gasteiger partial charge on any atom is 1.00 e. The molecular formula is C19H14F15NaO4S. The van der Waals surface area contributed by atoms with Crippen molar-refractivity contribution < 1.29 is 113 Å². The molecule has 0 N–H and O–H groups in total. The van der Waals surface area contributed by atoms with E-state index in [9.17, 15) is 83.6 Å². The van der Waals surface area contributed by atoms with Crippen molar-refractivity contribution >= 4 is 15.9 Å². The van der Waals surface area contributed by atoms with Crippen LogP contribution in [0.2, 0.25) is 0 Å². The van der Waals surface area contributed by atoms with Crippen molar-refractivity contribution in [2.75, 3.05) is 0 Å². The van der Waals surface area contributed by atoms with Crippen molar-refractivity contribution in [2.45, 2.75) is 73.1 Å². The van der Waals surface area contributed by atoms with Crippen LogP contribution in [0.4, 0.5) is 65.9 Å². The molecule has 0 aromatic heterocycles. The van der Waals surface area contributed by atoms with Gasteiger partial charge in [-0.2, -0.15) is 65.9 Å². The molecule has 0 aliphatic rings. The Balaban J connectivity index is 0.0000152. The molecule has 0 aliphatic carbocycles. The molecular weight excluding hydrogens is 632 g/mol. The Bertz CT molecular complexity index is 1150. The summed E-state index contributed by atoms with van der Waals surface area (Å²) in [7, 11) is -5.38. The Morgan fingerprint density at radius 3 is 1.45 bits per heavy atom. The number of benzene rings is 1. The fraction of sp³-hybridized carbons (Fsp3) is 0.632. The molecule has 0 bridgehead atoms. The molecule has 1 unspecified atom stereocenters. The predicted octanol–water partition coefficient (Wildman–Crippen LogP) is 3.81.